The summed E-state index contributed by atoms with van der Waals surface area (Å²) in [6, 6.07) is 13.3. The maximum absolute atomic E-state index is 14.8. The summed E-state index contributed by atoms with van der Waals surface area (Å²) >= 11 is 1.66. The molecule has 3 fully saturated rings. The molecule has 1 N–H and O–H groups in total. The van der Waals surface area contributed by atoms with Crippen LogP contribution in [0.5, 0.6) is 0 Å². The van der Waals surface area contributed by atoms with Gasteiger partial charge in [0.25, 0.3) is 5.91 Å². The molecule has 3 saturated heterocycles. The minimum atomic E-state index is -0.707. The third kappa shape index (κ3) is 5.28. The number of benzene rings is 2. The van der Waals surface area contributed by atoms with Gasteiger partial charge in [-0.2, -0.15) is 0 Å². The second kappa shape index (κ2) is 12.6. The normalized spacial score (nSPS) is 27.7. The molecule has 3 heterocycles. The number of aliphatic hydroxyl groups excluding tert-OH is 1. The number of amides is 2. The summed E-state index contributed by atoms with van der Waals surface area (Å²) in [7, 11) is 0. The van der Waals surface area contributed by atoms with Gasteiger partial charge in [-0.05, 0) is 74.8 Å². The molecule has 0 aliphatic carbocycles. The van der Waals surface area contributed by atoms with Crippen molar-refractivity contribution in [1.29, 1.82) is 0 Å². The van der Waals surface area contributed by atoms with Crippen molar-refractivity contribution in [3.05, 3.63) is 67.8 Å². The van der Waals surface area contributed by atoms with Crippen LogP contribution >= 0.6 is 11.8 Å². The van der Waals surface area contributed by atoms with Crippen molar-refractivity contribution >= 4 is 46.0 Å². The van der Waals surface area contributed by atoms with Crippen molar-refractivity contribution in [2.75, 3.05) is 31.2 Å². The van der Waals surface area contributed by atoms with Gasteiger partial charge in [-0.25, -0.2) is 0 Å². The number of carbonyl (C=O) groups excluding carboxylic acids is 3. The Morgan fingerprint density at radius 1 is 1.10 bits per heavy atom. The zero-order valence-corrected chi connectivity index (χ0v) is 25.3. The van der Waals surface area contributed by atoms with E-state index in [1.165, 1.54) is 0 Å². The number of thioether (sulfide) groups is 1. The third-order valence-electron chi connectivity index (χ3n) is 9.24. The average Bonchev–Trinajstić information content (AvgIpc) is 3.56. The molecule has 0 aromatic heterocycles. The van der Waals surface area contributed by atoms with E-state index in [0.717, 1.165) is 35.7 Å². The molecular formula is C34H42N2O5S. The molecule has 1 spiro atoms. The summed E-state index contributed by atoms with van der Waals surface area (Å²) in [4.78, 5) is 46.2. The van der Waals surface area contributed by atoms with Gasteiger partial charge in [0.2, 0.25) is 5.91 Å². The number of fused-ring (bicyclic) bond motifs is 2. The first-order valence-corrected chi connectivity index (χ1v) is 15.9. The lowest BCUT2D eigenvalue weighted by Gasteiger charge is -2.37. The first kappa shape index (κ1) is 30.4. The smallest absolute Gasteiger partial charge is 0.311 e. The number of esters is 1. The number of hydrogen-bond donors (Lipinski definition) is 1. The Balaban J connectivity index is 1.51. The molecule has 3 aliphatic heterocycles. The Labute approximate surface area is 253 Å². The first-order chi connectivity index (χ1) is 20.3. The molecule has 2 aromatic rings. The molecule has 5 atom stereocenters. The number of carbonyl (C=O) groups is 3. The fourth-order valence-electron chi connectivity index (χ4n) is 7.31. The summed E-state index contributed by atoms with van der Waals surface area (Å²) in [5.41, 5.74) is 0.757. The van der Waals surface area contributed by atoms with Gasteiger partial charge in [-0.3, -0.25) is 14.4 Å². The maximum Gasteiger partial charge on any atom is 0.311 e. The Bertz CT molecular complexity index is 1360. The molecular weight excluding hydrogens is 548 g/mol. The Morgan fingerprint density at radius 3 is 2.62 bits per heavy atom. The lowest BCUT2D eigenvalue weighted by Crippen LogP contribution is -2.55. The van der Waals surface area contributed by atoms with Crippen molar-refractivity contribution in [1.82, 2.24) is 4.90 Å². The second-order valence-electron chi connectivity index (χ2n) is 11.9. The zero-order chi connectivity index (χ0) is 29.9. The Morgan fingerprint density at radius 2 is 1.88 bits per heavy atom. The van der Waals surface area contributed by atoms with Crippen LogP contribution in [0.1, 0.15) is 51.9 Å². The number of nitrogens with zero attached hydrogens (tertiary/aromatic N) is 2. The topological polar surface area (TPSA) is 87.1 Å². The lowest BCUT2D eigenvalue weighted by atomic mass is 9.66. The van der Waals surface area contributed by atoms with Crippen LogP contribution in [0, 0.1) is 11.8 Å². The van der Waals surface area contributed by atoms with Crippen molar-refractivity contribution < 1.29 is 24.2 Å². The van der Waals surface area contributed by atoms with E-state index in [2.05, 4.69) is 20.1 Å². The number of aliphatic hydroxyl groups is 1. The van der Waals surface area contributed by atoms with Crippen LogP contribution in [0.25, 0.3) is 10.8 Å². The van der Waals surface area contributed by atoms with E-state index in [4.69, 9.17) is 4.74 Å². The fourth-order valence-corrected chi connectivity index (χ4v) is 9.65. The molecule has 2 amide bonds. The molecule has 2 bridgehead atoms. The number of unbranched alkanes of at least 4 members (excludes halogenated alkanes) is 3. The predicted molar refractivity (Wildman–Crippen MR) is 168 cm³/mol. The summed E-state index contributed by atoms with van der Waals surface area (Å²) < 4.78 is 4.56. The van der Waals surface area contributed by atoms with Crippen molar-refractivity contribution in [2.45, 2.75) is 67.4 Å². The summed E-state index contributed by atoms with van der Waals surface area (Å²) in [5, 5.41) is 11.4. The van der Waals surface area contributed by atoms with Crippen LogP contribution in [-0.2, 0) is 19.1 Å². The quantitative estimate of drug-likeness (QED) is 0.177. The van der Waals surface area contributed by atoms with Crippen LogP contribution < -0.4 is 4.90 Å². The first-order valence-electron chi connectivity index (χ1n) is 15.1. The van der Waals surface area contributed by atoms with E-state index in [-0.39, 0.29) is 31.0 Å². The Hall–Kier alpha value is -3.10. The van der Waals surface area contributed by atoms with Crippen molar-refractivity contribution in [3.63, 3.8) is 0 Å². The summed E-state index contributed by atoms with van der Waals surface area (Å²) in [6.07, 6.45) is 8.46. The van der Waals surface area contributed by atoms with Gasteiger partial charge in [0.15, 0.2) is 0 Å². The largest absolute Gasteiger partial charge is 0.465 e. The number of likely N-dealkylation sites (tertiary alicyclic amines) is 1. The van der Waals surface area contributed by atoms with Gasteiger partial charge >= 0.3 is 5.97 Å². The number of allylic oxidation sites excluding steroid dienone is 1. The molecule has 0 radical (unpaired) electrons. The minimum absolute atomic E-state index is 0.0892. The van der Waals surface area contributed by atoms with E-state index < -0.39 is 27.4 Å². The van der Waals surface area contributed by atoms with Crippen molar-refractivity contribution in [3.8, 4) is 0 Å². The van der Waals surface area contributed by atoms with E-state index >= 15 is 0 Å². The SMILES string of the molecule is C=CCCCOC(=O)[C@H]1[C@H]2C(=O)N(CCCCCO)C(C(=O)N(CC=C)c3ccc4ccccc4c3)C23CC[C@]1(C)S3. The highest BCUT2D eigenvalue weighted by Crippen LogP contribution is 2.71. The van der Waals surface area contributed by atoms with Crippen LogP contribution in [0.2, 0.25) is 0 Å². The van der Waals surface area contributed by atoms with Crippen LogP contribution in [0.15, 0.2) is 67.8 Å². The second-order valence-corrected chi connectivity index (χ2v) is 13.8. The number of hydrogen-bond acceptors (Lipinski definition) is 6. The van der Waals surface area contributed by atoms with Gasteiger partial charge < -0.3 is 19.6 Å². The van der Waals surface area contributed by atoms with Gasteiger partial charge in [-0.1, -0.05) is 42.5 Å². The summed E-state index contributed by atoms with van der Waals surface area (Å²) in [5.74, 6) is -1.81. The minimum Gasteiger partial charge on any atom is -0.465 e. The number of ether oxygens (including phenoxy) is 1. The van der Waals surface area contributed by atoms with Gasteiger partial charge in [0, 0.05) is 30.1 Å². The molecule has 0 saturated carbocycles. The molecule has 5 rings (SSSR count). The molecule has 224 valence electrons. The standard InChI is InChI=1S/C34H42N2O5S/c1-4-6-12-22-41-32(40)28-27-30(38)36(20-10-7-11-21-37)29(34(27)18-17-33(28,3)42-34)31(39)35(19-5-2)26-16-15-24-13-8-9-14-25(24)23-26/h4-5,8-9,13-16,23,27-29,37H,1-2,6-7,10-12,17-22H2,3H3/t27-,28+,29?,33-,34?/m0/s1. The lowest BCUT2D eigenvalue weighted by molar-refractivity contribution is -0.155. The van der Waals surface area contributed by atoms with E-state index in [1.54, 1.807) is 33.7 Å². The highest BCUT2D eigenvalue weighted by molar-refractivity contribution is 8.02. The van der Waals surface area contributed by atoms with E-state index in [9.17, 15) is 19.5 Å². The molecule has 8 heteroatoms. The summed E-state index contributed by atoms with van der Waals surface area (Å²) in [6.45, 7) is 10.8. The van der Waals surface area contributed by atoms with E-state index in [0.29, 0.717) is 38.8 Å². The monoisotopic (exact) mass is 590 g/mol. The average molecular weight is 591 g/mol. The Kier molecular flexibility index (Phi) is 9.14. The number of rotatable bonds is 14. The zero-order valence-electron chi connectivity index (χ0n) is 24.5. The van der Waals surface area contributed by atoms with Crippen LogP contribution in [-0.4, -0.2) is 69.6 Å². The van der Waals surface area contributed by atoms with Crippen molar-refractivity contribution in [2.24, 2.45) is 11.8 Å². The molecule has 7 nitrogen and oxygen atoms in total. The van der Waals surface area contributed by atoms with Crippen LogP contribution in [0.4, 0.5) is 5.69 Å². The van der Waals surface area contributed by atoms with Gasteiger partial charge in [-0.15, -0.1) is 24.9 Å². The predicted octanol–water partition coefficient (Wildman–Crippen LogP) is 5.51. The molecule has 42 heavy (non-hydrogen) atoms. The van der Waals surface area contributed by atoms with Gasteiger partial charge in [0.05, 0.1) is 23.2 Å². The number of anilines is 1. The maximum atomic E-state index is 14.8. The van der Waals surface area contributed by atoms with Gasteiger partial charge in [0.1, 0.15) is 6.04 Å². The van der Waals surface area contributed by atoms with Crippen LogP contribution in [0.3, 0.4) is 0 Å². The molecule has 2 aromatic carbocycles. The highest BCUT2D eigenvalue weighted by atomic mass is 32.2. The highest BCUT2D eigenvalue weighted by Gasteiger charge is 2.77. The van der Waals surface area contributed by atoms with E-state index in [1.807, 2.05) is 42.5 Å². The third-order valence-corrected chi connectivity index (χ3v) is 11.2. The molecule has 2 unspecified atom stereocenters. The fraction of sp³-hybridized carbons (Fsp3) is 0.500. The molecule has 3 aliphatic rings.